The average Bonchev–Trinajstić information content (AvgIpc) is 3.19. The van der Waals surface area contributed by atoms with Gasteiger partial charge in [-0.1, -0.05) is 6.42 Å². The molecule has 0 aromatic heterocycles. The van der Waals surface area contributed by atoms with E-state index in [-0.39, 0.29) is 23.7 Å². The number of aliphatic hydroxyl groups is 1. The highest BCUT2D eigenvalue weighted by molar-refractivity contribution is 5.98. The van der Waals surface area contributed by atoms with Gasteiger partial charge in [-0.05, 0) is 82.3 Å². The van der Waals surface area contributed by atoms with Crippen molar-refractivity contribution < 1.29 is 14.6 Å². The molecule has 4 rings (SSSR count). The standard InChI is InChI=1S/C20H28N2O3/c23-17-5-1-2-6-18(17)25-16-9-7-15(8-10-16)21-19(24)20-11-3-13-22(20)14-4-12-20/h7-10,17-18,23H,1-6,11-14H2,(H,21,24)/t17-,18-/m1/s1. The first-order valence-electron chi connectivity index (χ1n) is 9.69. The molecule has 1 amide bonds. The van der Waals surface area contributed by atoms with Crippen LogP contribution in [0.2, 0.25) is 0 Å². The molecular weight excluding hydrogens is 316 g/mol. The van der Waals surface area contributed by atoms with Gasteiger partial charge in [-0.2, -0.15) is 0 Å². The number of amides is 1. The maximum absolute atomic E-state index is 12.8. The van der Waals surface area contributed by atoms with Crippen molar-refractivity contribution in [2.75, 3.05) is 18.4 Å². The van der Waals surface area contributed by atoms with Gasteiger partial charge in [-0.15, -0.1) is 0 Å². The number of carbonyl (C=O) groups excluding carboxylic acids is 1. The van der Waals surface area contributed by atoms with Crippen molar-refractivity contribution in [1.82, 2.24) is 4.90 Å². The number of hydrogen-bond acceptors (Lipinski definition) is 4. The Balaban J connectivity index is 1.38. The van der Waals surface area contributed by atoms with E-state index in [9.17, 15) is 9.90 Å². The Kier molecular flexibility index (Phi) is 4.69. The number of aliphatic hydroxyl groups excluding tert-OH is 1. The highest BCUT2D eigenvalue weighted by Crippen LogP contribution is 2.39. The number of rotatable bonds is 4. The highest BCUT2D eigenvalue weighted by atomic mass is 16.5. The van der Waals surface area contributed by atoms with Gasteiger partial charge >= 0.3 is 0 Å². The van der Waals surface area contributed by atoms with Crippen LogP contribution in [-0.2, 0) is 4.79 Å². The summed E-state index contributed by atoms with van der Waals surface area (Å²) in [5.74, 6) is 0.893. The molecule has 2 aliphatic heterocycles. The lowest BCUT2D eigenvalue weighted by molar-refractivity contribution is -0.125. The van der Waals surface area contributed by atoms with E-state index in [1.165, 1.54) is 0 Å². The van der Waals surface area contributed by atoms with Crippen LogP contribution >= 0.6 is 0 Å². The SMILES string of the molecule is O=C(Nc1ccc(O[C@@H]2CCCC[C@H]2O)cc1)C12CCCN1CCC2. The molecule has 2 N–H and O–H groups in total. The number of hydrogen-bond donors (Lipinski definition) is 2. The third-order valence-electron chi connectivity index (χ3n) is 6.13. The quantitative estimate of drug-likeness (QED) is 0.882. The number of carbonyl (C=O) groups is 1. The molecule has 2 atom stereocenters. The van der Waals surface area contributed by atoms with E-state index in [1.54, 1.807) is 0 Å². The Morgan fingerprint density at radius 2 is 1.76 bits per heavy atom. The fourth-order valence-electron chi connectivity index (χ4n) is 4.73. The first kappa shape index (κ1) is 16.9. The summed E-state index contributed by atoms with van der Waals surface area (Å²) in [5, 5.41) is 13.1. The molecule has 25 heavy (non-hydrogen) atoms. The lowest BCUT2D eigenvalue weighted by atomic mass is 9.93. The largest absolute Gasteiger partial charge is 0.488 e. The van der Waals surface area contributed by atoms with Crippen molar-refractivity contribution in [3.8, 4) is 5.75 Å². The normalized spacial score (nSPS) is 28.5. The summed E-state index contributed by atoms with van der Waals surface area (Å²) >= 11 is 0. The van der Waals surface area contributed by atoms with E-state index in [1.807, 2.05) is 24.3 Å². The molecule has 3 aliphatic rings. The van der Waals surface area contributed by atoms with Crippen LogP contribution in [-0.4, -0.2) is 46.7 Å². The van der Waals surface area contributed by atoms with Crippen molar-refractivity contribution in [1.29, 1.82) is 0 Å². The molecule has 0 bridgehead atoms. The van der Waals surface area contributed by atoms with E-state index in [0.717, 1.165) is 75.9 Å². The average molecular weight is 344 g/mol. The van der Waals surface area contributed by atoms with Crippen LogP contribution in [0.25, 0.3) is 0 Å². The fraction of sp³-hybridized carbons (Fsp3) is 0.650. The van der Waals surface area contributed by atoms with E-state index < -0.39 is 0 Å². The van der Waals surface area contributed by atoms with Gasteiger partial charge in [0.1, 0.15) is 17.4 Å². The summed E-state index contributed by atoms with van der Waals surface area (Å²) in [5.41, 5.74) is 0.538. The topological polar surface area (TPSA) is 61.8 Å². The summed E-state index contributed by atoms with van der Waals surface area (Å²) in [6, 6.07) is 7.56. The van der Waals surface area contributed by atoms with E-state index in [4.69, 9.17) is 4.74 Å². The molecule has 1 aromatic carbocycles. The number of anilines is 1. The predicted octanol–water partition coefficient (Wildman–Crippen LogP) is 2.94. The second-order valence-electron chi connectivity index (χ2n) is 7.71. The molecule has 2 saturated heterocycles. The third-order valence-corrected chi connectivity index (χ3v) is 6.13. The minimum atomic E-state index is -0.372. The Morgan fingerprint density at radius 1 is 1.08 bits per heavy atom. The van der Waals surface area contributed by atoms with Crippen molar-refractivity contribution in [3.63, 3.8) is 0 Å². The Morgan fingerprint density at radius 3 is 2.44 bits per heavy atom. The second kappa shape index (κ2) is 6.96. The molecule has 5 heteroatoms. The Bertz CT molecular complexity index is 606. The van der Waals surface area contributed by atoms with Crippen LogP contribution < -0.4 is 10.1 Å². The van der Waals surface area contributed by atoms with Gasteiger partial charge in [-0.25, -0.2) is 0 Å². The fourth-order valence-corrected chi connectivity index (χ4v) is 4.73. The monoisotopic (exact) mass is 344 g/mol. The molecule has 1 aromatic rings. The van der Waals surface area contributed by atoms with Crippen molar-refractivity contribution in [2.45, 2.75) is 69.1 Å². The third kappa shape index (κ3) is 3.27. The zero-order valence-electron chi connectivity index (χ0n) is 14.7. The molecule has 0 radical (unpaired) electrons. The van der Waals surface area contributed by atoms with Gasteiger partial charge in [0.05, 0.1) is 6.10 Å². The summed E-state index contributed by atoms with van der Waals surface area (Å²) in [4.78, 5) is 15.2. The number of nitrogens with zero attached hydrogens (tertiary/aromatic N) is 1. The van der Waals surface area contributed by atoms with Crippen LogP contribution in [0.3, 0.4) is 0 Å². The molecule has 0 spiro atoms. The molecule has 1 aliphatic carbocycles. The van der Waals surface area contributed by atoms with Crippen LogP contribution in [0.1, 0.15) is 51.4 Å². The molecule has 3 fully saturated rings. The maximum Gasteiger partial charge on any atom is 0.244 e. The first-order valence-corrected chi connectivity index (χ1v) is 9.69. The van der Waals surface area contributed by atoms with Crippen LogP contribution in [0.15, 0.2) is 24.3 Å². The van der Waals surface area contributed by atoms with Gasteiger partial charge in [0.25, 0.3) is 0 Å². The Hall–Kier alpha value is -1.59. The van der Waals surface area contributed by atoms with Gasteiger partial charge in [0, 0.05) is 5.69 Å². The number of benzene rings is 1. The van der Waals surface area contributed by atoms with Gasteiger partial charge in [0.15, 0.2) is 0 Å². The number of nitrogens with one attached hydrogen (secondary N) is 1. The van der Waals surface area contributed by atoms with E-state index in [2.05, 4.69) is 10.2 Å². The summed E-state index contributed by atoms with van der Waals surface area (Å²) in [7, 11) is 0. The van der Waals surface area contributed by atoms with Gasteiger partial charge in [-0.3, -0.25) is 9.69 Å². The van der Waals surface area contributed by atoms with Crippen molar-refractivity contribution in [3.05, 3.63) is 24.3 Å². The summed E-state index contributed by atoms with van der Waals surface area (Å²) in [6.45, 7) is 2.09. The molecule has 2 heterocycles. The van der Waals surface area contributed by atoms with Crippen molar-refractivity contribution >= 4 is 11.6 Å². The lowest BCUT2D eigenvalue weighted by Crippen LogP contribution is -2.48. The zero-order chi connectivity index (χ0) is 17.3. The lowest BCUT2D eigenvalue weighted by Gasteiger charge is -2.30. The minimum Gasteiger partial charge on any atom is -0.488 e. The maximum atomic E-state index is 12.8. The summed E-state index contributed by atoms with van der Waals surface area (Å²) in [6.07, 6.45) is 7.59. The molecule has 136 valence electrons. The number of ether oxygens (including phenoxy) is 1. The van der Waals surface area contributed by atoms with Gasteiger partial charge < -0.3 is 15.2 Å². The zero-order valence-corrected chi connectivity index (χ0v) is 14.7. The predicted molar refractivity (Wildman–Crippen MR) is 96.7 cm³/mol. The second-order valence-corrected chi connectivity index (χ2v) is 7.71. The van der Waals surface area contributed by atoms with Gasteiger partial charge in [0.2, 0.25) is 5.91 Å². The number of fused-ring (bicyclic) bond motifs is 1. The smallest absolute Gasteiger partial charge is 0.244 e. The van der Waals surface area contributed by atoms with Crippen LogP contribution in [0.5, 0.6) is 5.75 Å². The van der Waals surface area contributed by atoms with Crippen LogP contribution in [0, 0.1) is 0 Å². The first-order chi connectivity index (χ1) is 12.2. The molecule has 0 unspecified atom stereocenters. The minimum absolute atomic E-state index is 0.112. The molecule has 5 nitrogen and oxygen atoms in total. The van der Waals surface area contributed by atoms with Crippen LogP contribution in [0.4, 0.5) is 5.69 Å². The van der Waals surface area contributed by atoms with E-state index in [0.29, 0.717) is 0 Å². The van der Waals surface area contributed by atoms with Crippen molar-refractivity contribution in [2.24, 2.45) is 0 Å². The Labute approximate surface area is 149 Å². The summed E-state index contributed by atoms with van der Waals surface area (Å²) < 4.78 is 5.92. The molecular formula is C20H28N2O3. The van der Waals surface area contributed by atoms with E-state index >= 15 is 0 Å². The molecule has 1 saturated carbocycles. The highest BCUT2D eigenvalue weighted by Gasteiger charge is 2.49.